The number of sulfonamides is 1. The monoisotopic (exact) mass is 432 g/mol. The molecule has 1 saturated heterocycles. The van der Waals surface area contributed by atoms with E-state index in [1.165, 1.54) is 16.4 Å². The van der Waals surface area contributed by atoms with E-state index in [0.29, 0.717) is 24.4 Å². The smallest absolute Gasteiger partial charge is 0.251 e. The zero-order valence-electron chi connectivity index (χ0n) is 17.3. The highest BCUT2D eigenvalue weighted by atomic mass is 32.2. The molecule has 0 unspecified atom stereocenters. The molecule has 162 valence electrons. The van der Waals surface area contributed by atoms with Gasteiger partial charge in [0.1, 0.15) is 18.1 Å². The summed E-state index contributed by atoms with van der Waals surface area (Å²) in [6.07, 6.45) is 2.78. The number of nitrogens with one attached hydrogen (secondary N) is 1. The first kappa shape index (κ1) is 22.1. The van der Waals surface area contributed by atoms with E-state index in [2.05, 4.69) is 5.32 Å². The molecule has 7 nitrogen and oxygen atoms in total. The number of carbonyl (C=O) groups excluding carboxylic acids is 1. The van der Waals surface area contributed by atoms with E-state index >= 15 is 0 Å². The fourth-order valence-electron chi connectivity index (χ4n) is 3.29. The van der Waals surface area contributed by atoms with Crippen molar-refractivity contribution in [2.75, 3.05) is 26.8 Å². The summed E-state index contributed by atoms with van der Waals surface area (Å²) in [7, 11) is -1.98. The number of ether oxygens (including phenoxy) is 2. The van der Waals surface area contributed by atoms with E-state index in [1.807, 2.05) is 6.92 Å². The maximum atomic E-state index is 12.9. The number of carbonyl (C=O) groups is 1. The lowest BCUT2D eigenvalue weighted by molar-refractivity contribution is 0.0926. The number of nitrogens with zero attached hydrogens (tertiary/aromatic N) is 1. The lowest BCUT2D eigenvalue weighted by Crippen LogP contribution is -2.37. The zero-order chi connectivity index (χ0) is 21.6. The van der Waals surface area contributed by atoms with E-state index in [4.69, 9.17) is 9.47 Å². The van der Waals surface area contributed by atoms with E-state index in [-0.39, 0.29) is 23.5 Å². The van der Waals surface area contributed by atoms with Crippen LogP contribution in [0.2, 0.25) is 0 Å². The van der Waals surface area contributed by atoms with Gasteiger partial charge in [0.15, 0.2) is 0 Å². The molecule has 1 fully saturated rings. The first-order valence-electron chi connectivity index (χ1n) is 10.1. The van der Waals surface area contributed by atoms with Crippen molar-refractivity contribution in [3.63, 3.8) is 0 Å². The van der Waals surface area contributed by atoms with Gasteiger partial charge < -0.3 is 14.8 Å². The fraction of sp³-hybridized carbons (Fsp3) is 0.409. The number of hydrogen-bond donors (Lipinski definition) is 1. The first-order valence-corrected chi connectivity index (χ1v) is 11.5. The molecular weight excluding hydrogens is 404 g/mol. The van der Waals surface area contributed by atoms with Crippen molar-refractivity contribution < 1.29 is 22.7 Å². The Labute approximate surface area is 178 Å². The van der Waals surface area contributed by atoms with Crippen molar-refractivity contribution in [1.29, 1.82) is 0 Å². The fourth-order valence-corrected chi connectivity index (χ4v) is 4.86. The Bertz CT molecular complexity index is 954. The predicted octanol–water partition coefficient (Wildman–Crippen LogP) is 3.07. The summed E-state index contributed by atoms with van der Waals surface area (Å²) in [4.78, 5) is 12.8. The summed E-state index contributed by atoms with van der Waals surface area (Å²) in [5, 5.41) is 2.85. The summed E-state index contributed by atoms with van der Waals surface area (Å²) in [5.41, 5.74) is 0.310. The van der Waals surface area contributed by atoms with Crippen LogP contribution in [0, 0.1) is 0 Å². The number of benzene rings is 2. The van der Waals surface area contributed by atoms with Crippen LogP contribution >= 0.6 is 0 Å². The van der Waals surface area contributed by atoms with Gasteiger partial charge in [-0.15, -0.1) is 0 Å². The summed E-state index contributed by atoms with van der Waals surface area (Å²) in [6, 6.07) is 13.1. The third-order valence-electron chi connectivity index (χ3n) is 4.99. The highest BCUT2D eigenvalue weighted by Gasteiger charge is 2.26. The summed E-state index contributed by atoms with van der Waals surface area (Å²) >= 11 is 0. The lowest BCUT2D eigenvalue weighted by Gasteiger charge is -2.26. The third-order valence-corrected chi connectivity index (χ3v) is 6.88. The number of piperidine rings is 1. The number of methoxy groups -OCH3 is 1. The molecule has 0 spiro atoms. The van der Waals surface area contributed by atoms with E-state index in [1.54, 1.807) is 43.5 Å². The first-order chi connectivity index (χ1) is 14.4. The standard InChI is InChI=1S/C22H28N2O5S/c1-17(16-29-20-11-9-19(28-2)10-12-20)23-22(25)18-7-6-8-21(15-18)30(26,27)24-13-4-3-5-14-24/h6-12,15,17H,3-5,13-14,16H2,1-2H3,(H,23,25)/t17-/m1/s1. The van der Waals surface area contributed by atoms with Crippen LogP contribution < -0.4 is 14.8 Å². The largest absolute Gasteiger partial charge is 0.497 e. The van der Waals surface area contributed by atoms with Crippen molar-refractivity contribution in [1.82, 2.24) is 9.62 Å². The molecule has 0 bridgehead atoms. The Morgan fingerprint density at radius 1 is 1.07 bits per heavy atom. The molecule has 0 saturated carbocycles. The Morgan fingerprint density at radius 3 is 2.40 bits per heavy atom. The quantitative estimate of drug-likeness (QED) is 0.693. The molecule has 1 heterocycles. The molecule has 2 aromatic rings. The normalized spacial score (nSPS) is 15.9. The topological polar surface area (TPSA) is 84.9 Å². The minimum atomic E-state index is -3.58. The van der Waals surface area contributed by atoms with Crippen LogP contribution in [-0.2, 0) is 10.0 Å². The lowest BCUT2D eigenvalue weighted by atomic mass is 10.2. The van der Waals surface area contributed by atoms with Crippen LogP contribution in [0.3, 0.4) is 0 Å². The third kappa shape index (κ3) is 5.52. The highest BCUT2D eigenvalue weighted by Crippen LogP contribution is 2.21. The Hall–Kier alpha value is -2.58. The van der Waals surface area contributed by atoms with E-state index in [0.717, 1.165) is 25.0 Å². The maximum Gasteiger partial charge on any atom is 0.251 e. The number of amides is 1. The van der Waals surface area contributed by atoms with Crippen molar-refractivity contribution >= 4 is 15.9 Å². The maximum absolute atomic E-state index is 12.9. The zero-order valence-corrected chi connectivity index (χ0v) is 18.2. The molecule has 30 heavy (non-hydrogen) atoms. The van der Waals surface area contributed by atoms with Crippen LogP contribution in [-0.4, -0.2) is 51.5 Å². The van der Waals surface area contributed by atoms with Gasteiger partial charge in [0, 0.05) is 18.7 Å². The minimum absolute atomic E-state index is 0.152. The molecule has 0 aromatic heterocycles. The Kier molecular flexibility index (Phi) is 7.33. The molecule has 1 atom stereocenters. The Morgan fingerprint density at radius 2 is 1.73 bits per heavy atom. The average Bonchev–Trinajstić information content (AvgIpc) is 2.78. The van der Waals surface area contributed by atoms with Gasteiger partial charge in [-0.1, -0.05) is 12.5 Å². The molecule has 8 heteroatoms. The molecular formula is C22H28N2O5S. The van der Waals surface area contributed by atoms with Gasteiger partial charge in [-0.25, -0.2) is 8.42 Å². The van der Waals surface area contributed by atoms with Crippen molar-refractivity contribution in [3.8, 4) is 11.5 Å². The SMILES string of the molecule is COc1ccc(OC[C@@H](C)NC(=O)c2cccc(S(=O)(=O)N3CCCCC3)c2)cc1. The van der Waals surface area contributed by atoms with Gasteiger partial charge in [-0.05, 0) is 62.2 Å². The summed E-state index contributed by atoms with van der Waals surface area (Å²) < 4.78 is 38.0. The van der Waals surface area contributed by atoms with Crippen molar-refractivity contribution in [3.05, 3.63) is 54.1 Å². The molecule has 3 rings (SSSR count). The Balaban J connectivity index is 1.60. The van der Waals surface area contributed by atoms with Crippen molar-refractivity contribution in [2.45, 2.75) is 37.1 Å². The van der Waals surface area contributed by atoms with Gasteiger partial charge in [-0.2, -0.15) is 4.31 Å². The highest BCUT2D eigenvalue weighted by molar-refractivity contribution is 7.89. The second-order valence-corrected chi connectivity index (χ2v) is 9.29. The predicted molar refractivity (Wildman–Crippen MR) is 114 cm³/mol. The van der Waals surface area contributed by atoms with Gasteiger partial charge in [0.25, 0.3) is 5.91 Å². The molecule has 1 N–H and O–H groups in total. The molecule has 0 radical (unpaired) electrons. The van der Waals surface area contributed by atoms with Gasteiger partial charge in [-0.3, -0.25) is 4.79 Å². The second kappa shape index (κ2) is 9.95. The van der Waals surface area contributed by atoms with Crippen LogP contribution in [0.15, 0.2) is 53.4 Å². The van der Waals surface area contributed by atoms with Crippen molar-refractivity contribution in [2.24, 2.45) is 0 Å². The van der Waals surface area contributed by atoms with Gasteiger partial charge >= 0.3 is 0 Å². The number of rotatable bonds is 8. The molecule has 1 amide bonds. The van der Waals surface area contributed by atoms with Crippen LogP contribution in [0.1, 0.15) is 36.5 Å². The average molecular weight is 433 g/mol. The molecule has 1 aliphatic heterocycles. The van der Waals surface area contributed by atoms with E-state index in [9.17, 15) is 13.2 Å². The van der Waals surface area contributed by atoms with Crippen LogP contribution in [0.5, 0.6) is 11.5 Å². The van der Waals surface area contributed by atoms with Crippen LogP contribution in [0.25, 0.3) is 0 Å². The van der Waals surface area contributed by atoms with Gasteiger partial charge in [0.2, 0.25) is 10.0 Å². The number of hydrogen-bond acceptors (Lipinski definition) is 5. The second-order valence-electron chi connectivity index (χ2n) is 7.35. The van der Waals surface area contributed by atoms with Gasteiger partial charge in [0.05, 0.1) is 18.0 Å². The van der Waals surface area contributed by atoms with Crippen LogP contribution in [0.4, 0.5) is 0 Å². The summed E-state index contributed by atoms with van der Waals surface area (Å²) in [5.74, 6) is 1.08. The molecule has 2 aromatic carbocycles. The van der Waals surface area contributed by atoms with E-state index < -0.39 is 10.0 Å². The minimum Gasteiger partial charge on any atom is -0.497 e. The molecule has 1 aliphatic rings. The molecule has 0 aliphatic carbocycles. The summed E-state index contributed by atoms with van der Waals surface area (Å²) in [6.45, 7) is 3.16.